The molecule has 92 valence electrons. The second kappa shape index (κ2) is 5.37. The number of carbonyl (C=O) groups excluding carboxylic acids is 2. The highest BCUT2D eigenvalue weighted by molar-refractivity contribution is 7.14. The fourth-order valence-electron chi connectivity index (χ4n) is 1.76. The Hall–Kier alpha value is -1.27. The molecule has 0 unspecified atom stereocenters. The van der Waals surface area contributed by atoms with Gasteiger partial charge in [0.15, 0.2) is 10.9 Å². The van der Waals surface area contributed by atoms with E-state index < -0.39 is 0 Å². The standard InChI is InChI=1S/C11H15N3O2S/c1-7(15)9-6-17-11(13-9)14-10(16)8-4-2-3-5-12-8/h6,8,12H,2-5H2,1H3,(H,13,14,16)/t8-/m0/s1. The van der Waals surface area contributed by atoms with Crippen LogP contribution in [-0.4, -0.2) is 29.3 Å². The Kier molecular flexibility index (Phi) is 3.86. The molecule has 5 nitrogen and oxygen atoms in total. The van der Waals surface area contributed by atoms with Gasteiger partial charge < -0.3 is 10.6 Å². The van der Waals surface area contributed by atoms with Crippen molar-refractivity contribution in [2.45, 2.75) is 32.2 Å². The van der Waals surface area contributed by atoms with Crippen molar-refractivity contribution in [2.24, 2.45) is 0 Å². The minimum absolute atomic E-state index is 0.0610. The van der Waals surface area contributed by atoms with Crippen LogP contribution in [0.25, 0.3) is 0 Å². The molecule has 0 saturated carbocycles. The second-order valence-corrected chi connectivity index (χ2v) is 4.94. The number of Topliss-reactive ketones (excluding diaryl/α,β-unsaturated/α-hetero) is 1. The topological polar surface area (TPSA) is 71.1 Å². The molecule has 1 atom stereocenters. The fraction of sp³-hybridized carbons (Fsp3) is 0.545. The number of carbonyl (C=O) groups is 2. The van der Waals surface area contributed by atoms with E-state index in [-0.39, 0.29) is 17.7 Å². The number of nitrogens with zero attached hydrogens (tertiary/aromatic N) is 1. The third-order valence-electron chi connectivity index (χ3n) is 2.72. The lowest BCUT2D eigenvalue weighted by Gasteiger charge is -2.21. The predicted octanol–water partition coefficient (Wildman–Crippen LogP) is 1.43. The van der Waals surface area contributed by atoms with E-state index in [9.17, 15) is 9.59 Å². The maximum Gasteiger partial charge on any atom is 0.243 e. The first-order valence-electron chi connectivity index (χ1n) is 5.67. The number of rotatable bonds is 3. The van der Waals surface area contributed by atoms with Crippen LogP contribution in [0.15, 0.2) is 5.38 Å². The molecule has 1 aliphatic heterocycles. The molecule has 2 N–H and O–H groups in total. The molecule has 0 spiro atoms. The number of amides is 1. The number of anilines is 1. The van der Waals surface area contributed by atoms with E-state index in [4.69, 9.17) is 0 Å². The van der Waals surface area contributed by atoms with Crippen molar-refractivity contribution >= 4 is 28.2 Å². The average Bonchev–Trinajstić information content (AvgIpc) is 2.79. The lowest BCUT2D eigenvalue weighted by molar-refractivity contribution is -0.118. The molecule has 1 fully saturated rings. The molecule has 2 heterocycles. The summed E-state index contributed by atoms with van der Waals surface area (Å²) in [5.74, 6) is -0.147. The van der Waals surface area contributed by atoms with Crippen LogP contribution >= 0.6 is 11.3 Å². The van der Waals surface area contributed by atoms with Crippen molar-refractivity contribution in [1.82, 2.24) is 10.3 Å². The van der Waals surface area contributed by atoms with Gasteiger partial charge in [-0.25, -0.2) is 4.98 Å². The second-order valence-electron chi connectivity index (χ2n) is 4.09. The van der Waals surface area contributed by atoms with Gasteiger partial charge in [0.05, 0.1) is 6.04 Å². The smallest absolute Gasteiger partial charge is 0.243 e. The molecule has 1 aromatic heterocycles. The zero-order chi connectivity index (χ0) is 12.3. The number of nitrogens with one attached hydrogen (secondary N) is 2. The summed E-state index contributed by atoms with van der Waals surface area (Å²) in [7, 11) is 0. The zero-order valence-corrected chi connectivity index (χ0v) is 10.5. The van der Waals surface area contributed by atoms with Gasteiger partial charge in [-0.3, -0.25) is 9.59 Å². The minimum Gasteiger partial charge on any atom is -0.306 e. The van der Waals surface area contributed by atoms with Crippen LogP contribution in [0.2, 0.25) is 0 Å². The Morgan fingerprint density at radius 2 is 2.35 bits per heavy atom. The fourth-order valence-corrected chi connectivity index (χ4v) is 2.51. The largest absolute Gasteiger partial charge is 0.306 e. The van der Waals surface area contributed by atoms with Gasteiger partial charge in [0.1, 0.15) is 5.69 Å². The summed E-state index contributed by atoms with van der Waals surface area (Å²) >= 11 is 1.28. The first-order chi connectivity index (χ1) is 8.16. The van der Waals surface area contributed by atoms with E-state index in [1.807, 2.05) is 0 Å². The van der Waals surface area contributed by atoms with Crippen molar-refractivity contribution in [3.05, 3.63) is 11.1 Å². The summed E-state index contributed by atoms with van der Waals surface area (Å²) in [4.78, 5) is 27.0. The summed E-state index contributed by atoms with van der Waals surface area (Å²) in [5.41, 5.74) is 0.405. The highest BCUT2D eigenvalue weighted by Crippen LogP contribution is 2.17. The molecule has 1 aliphatic rings. The number of hydrogen-bond donors (Lipinski definition) is 2. The Labute approximate surface area is 104 Å². The highest BCUT2D eigenvalue weighted by Gasteiger charge is 2.21. The molecule has 2 rings (SSSR count). The number of ketones is 1. The molecule has 1 saturated heterocycles. The summed E-state index contributed by atoms with van der Waals surface area (Å²) < 4.78 is 0. The van der Waals surface area contributed by atoms with Gasteiger partial charge in [0, 0.05) is 12.3 Å². The van der Waals surface area contributed by atoms with Gasteiger partial charge >= 0.3 is 0 Å². The molecular formula is C11H15N3O2S. The van der Waals surface area contributed by atoms with E-state index in [2.05, 4.69) is 15.6 Å². The molecule has 6 heteroatoms. The molecule has 0 aromatic carbocycles. The maximum atomic E-state index is 11.9. The van der Waals surface area contributed by atoms with E-state index in [0.29, 0.717) is 10.8 Å². The molecule has 1 aromatic rings. The van der Waals surface area contributed by atoms with E-state index in [0.717, 1.165) is 25.8 Å². The van der Waals surface area contributed by atoms with Crippen molar-refractivity contribution < 1.29 is 9.59 Å². The van der Waals surface area contributed by atoms with E-state index in [1.54, 1.807) is 5.38 Å². The van der Waals surface area contributed by atoms with Crippen molar-refractivity contribution in [1.29, 1.82) is 0 Å². The van der Waals surface area contributed by atoms with Crippen LogP contribution in [0, 0.1) is 0 Å². The van der Waals surface area contributed by atoms with Gasteiger partial charge in [0.2, 0.25) is 5.91 Å². The zero-order valence-electron chi connectivity index (χ0n) is 9.66. The Morgan fingerprint density at radius 1 is 1.53 bits per heavy atom. The third-order valence-corrected chi connectivity index (χ3v) is 3.48. The Bertz CT molecular complexity index is 424. The summed E-state index contributed by atoms with van der Waals surface area (Å²) in [6, 6.07) is -0.131. The SMILES string of the molecule is CC(=O)c1csc(NC(=O)[C@@H]2CCCCN2)n1. The van der Waals surface area contributed by atoms with Crippen LogP contribution < -0.4 is 10.6 Å². The summed E-state index contributed by atoms with van der Waals surface area (Å²) in [6.45, 7) is 2.35. The summed E-state index contributed by atoms with van der Waals surface area (Å²) in [5, 5.41) is 8.06. The van der Waals surface area contributed by atoms with Gasteiger partial charge in [0.25, 0.3) is 0 Å². The quantitative estimate of drug-likeness (QED) is 0.799. The van der Waals surface area contributed by atoms with Crippen molar-refractivity contribution in [3.8, 4) is 0 Å². The first-order valence-corrected chi connectivity index (χ1v) is 6.55. The van der Waals surface area contributed by atoms with Crippen LogP contribution in [0.4, 0.5) is 5.13 Å². The first kappa shape index (κ1) is 12.2. The number of thiazole rings is 1. The predicted molar refractivity (Wildman–Crippen MR) is 66.4 cm³/mol. The number of piperidine rings is 1. The molecule has 0 bridgehead atoms. The summed E-state index contributed by atoms with van der Waals surface area (Å²) in [6.07, 6.45) is 3.05. The monoisotopic (exact) mass is 253 g/mol. The molecule has 0 aliphatic carbocycles. The Balaban J connectivity index is 1.94. The molecule has 0 radical (unpaired) electrons. The lowest BCUT2D eigenvalue weighted by atomic mass is 10.0. The van der Waals surface area contributed by atoms with Gasteiger partial charge in [-0.1, -0.05) is 6.42 Å². The van der Waals surface area contributed by atoms with Crippen LogP contribution in [-0.2, 0) is 4.79 Å². The van der Waals surface area contributed by atoms with E-state index in [1.165, 1.54) is 18.3 Å². The lowest BCUT2D eigenvalue weighted by Crippen LogP contribution is -2.43. The molecule has 1 amide bonds. The van der Waals surface area contributed by atoms with Crippen molar-refractivity contribution in [3.63, 3.8) is 0 Å². The van der Waals surface area contributed by atoms with E-state index >= 15 is 0 Å². The minimum atomic E-state index is -0.131. The van der Waals surface area contributed by atoms with Crippen molar-refractivity contribution in [2.75, 3.05) is 11.9 Å². The van der Waals surface area contributed by atoms with Gasteiger partial charge in [-0.15, -0.1) is 11.3 Å². The Morgan fingerprint density at radius 3 is 2.94 bits per heavy atom. The maximum absolute atomic E-state index is 11.9. The van der Waals surface area contributed by atoms with Crippen LogP contribution in [0.5, 0.6) is 0 Å². The van der Waals surface area contributed by atoms with Crippen LogP contribution in [0.1, 0.15) is 36.7 Å². The molecular weight excluding hydrogens is 238 g/mol. The number of hydrogen-bond acceptors (Lipinski definition) is 5. The average molecular weight is 253 g/mol. The van der Waals surface area contributed by atoms with Gasteiger partial charge in [-0.05, 0) is 19.4 Å². The van der Waals surface area contributed by atoms with Gasteiger partial charge in [-0.2, -0.15) is 0 Å². The third kappa shape index (κ3) is 3.10. The highest BCUT2D eigenvalue weighted by atomic mass is 32.1. The normalized spacial score (nSPS) is 19.9. The molecule has 17 heavy (non-hydrogen) atoms. The van der Waals surface area contributed by atoms with Crippen LogP contribution in [0.3, 0.4) is 0 Å². The number of aromatic nitrogens is 1.